The van der Waals surface area contributed by atoms with Gasteiger partial charge in [0.2, 0.25) is 5.91 Å². The molecule has 0 aliphatic carbocycles. The Morgan fingerprint density at radius 3 is 2.81 bits per heavy atom. The van der Waals surface area contributed by atoms with Crippen LogP contribution in [-0.4, -0.2) is 39.2 Å². The van der Waals surface area contributed by atoms with Crippen LogP contribution in [0, 0.1) is 6.92 Å². The van der Waals surface area contributed by atoms with E-state index in [0.717, 1.165) is 16.8 Å². The first kappa shape index (κ1) is 19.8. The molecule has 0 bridgehead atoms. The maximum Gasteiger partial charge on any atom is 0.240 e. The van der Waals surface area contributed by atoms with Crippen molar-refractivity contribution in [3.05, 3.63) is 51.1 Å². The monoisotopic (exact) mass is 423 g/mol. The van der Waals surface area contributed by atoms with Crippen LogP contribution in [-0.2, 0) is 18.4 Å². The minimum absolute atomic E-state index is 0.123. The molecule has 0 atom stereocenters. The van der Waals surface area contributed by atoms with Gasteiger partial charge in [-0.1, -0.05) is 23.2 Å². The summed E-state index contributed by atoms with van der Waals surface area (Å²) in [5.74, 6) is -0.123. The van der Waals surface area contributed by atoms with Crippen LogP contribution in [0.1, 0.15) is 11.3 Å². The third-order valence-corrected chi connectivity index (χ3v) is 5.23. The highest BCUT2D eigenvalue weighted by Crippen LogP contribution is 2.32. The molecular weight excluding hydrogens is 405 g/mol. The lowest BCUT2D eigenvalue weighted by atomic mass is 10.2. The number of likely N-dealkylation sites (N-methyl/N-ethyl adjacent to an activating group) is 1. The van der Waals surface area contributed by atoms with Crippen molar-refractivity contribution in [1.82, 2.24) is 19.7 Å². The lowest BCUT2D eigenvalue weighted by molar-refractivity contribution is -0.117. The van der Waals surface area contributed by atoms with Gasteiger partial charge in [-0.3, -0.25) is 14.4 Å². The average Bonchev–Trinajstić information content (AvgIpc) is 3.13. The van der Waals surface area contributed by atoms with Gasteiger partial charge in [0, 0.05) is 41.3 Å². The SMILES string of the molecule is Cc1nn(C)cc1CN(C)CC(=O)Nc1nc(-c2ccc(Cl)cc2Cl)cs1. The van der Waals surface area contributed by atoms with E-state index in [4.69, 9.17) is 23.2 Å². The van der Waals surface area contributed by atoms with Gasteiger partial charge < -0.3 is 5.32 Å². The number of hydrogen-bond donors (Lipinski definition) is 1. The van der Waals surface area contributed by atoms with Crippen molar-refractivity contribution in [2.45, 2.75) is 13.5 Å². The molecule has 3 rings (SSSR count). The topological polar surface area (TPSA) is 63.1 Å². The standard InChI is InChI=1S/C18H19Cl2N5OS/c1-11-12(8-25(3)23-11)7-24(2)9-17(26)22-18-21-16(10-27-18)14-5-4-13(19)6-15(14)20/h4-6,8,10H,7,9H2,1-3H3,(H,21,22,26). The van der Waals surface area contributed by atoms with Crippen LogP contribution < -0.4 is 5.32 Å². The number of aryl methyl sites for hydroxylation is 2. The smallest absolute Gasteiger partial charge is 0.240 e. The second-order valence-corrected chi connectivity index (χ2v) is 8.00. The van der Waals surface area contributed by atoms with Gasteiger partial charge in [0.25, 0.3) is 0 Å². The summed E-state index contributed by atoms with van der Waals surface area (Å²) in [5.41, 5.74) is 3.55. The zero-order valence-electron chi connectivity index (χ0n) is 15.2. The van der Waals surface area contributed by atoms with E-state index >= 15 is 0 Å². The van der Waals surface area contributed by atoms with Gasteiger partial charge in [-0.25, -0.2) is 4.98 Å². The number of anilines is 1. The van der Waals surface area contributed by atoms with Crippen LogP contribution in [0.4, 0.5) is 5.13 Å². The molecule has 0 radical (unpaired) electrons. The summed E-state index contributed by atoms with van der Waals surface area (Å²) >= 11 is 13.5. The summed E-state index contributed by atoms with van der Waals surface area (Å²) in [4.78, 5) is 18.7. The van der Waals surface area contributed by atoms with Crippen molar-refractivity contribution in [2.24, 2.45) is 7.05 Å². The molecule has 1 N–H and O–H groups in total. The van der Waals surface area contributed by atoms with E-state index in [9.17, 15) is 4.79 Å². The molecule has 0 saturated heterocycles. The van der Waals surface area contributed by atoms with E-state index in [1.165, 1.54) is 11.3 Å². The van der Waals surface area contributed by atoms with E-state index in [0.29, 0.717) is 27.4 Å². The summed E-state index contributed by atoms with van der Waals surface area (Å²) in [7, 11) is 3.78. The number of hydrogen-bond acceptors (Lipinski definition) is 5. The predicted octanol–water partition coefficient (Wildman–Crippen LogP) is 4.23. The Hall–Kier alpha value is -1.93. The van der Waals surface area contributed by atoms with E-state index in [1.54, 1.807) is 16.8 Å². The van der Waals surface area contributed by atoms with E-state index in [-0.39, 0.29) is 12.5 Å². The van der Waals surface area contributed by atoms with Gasteiger partial charge in [0.05, 0.1) is 23.0 Å². The highest BCUT2D eigenvalue weighted by Gasteiger charge is 2.13. The van der Waals surface area contributed by atoms with E-state index in [2.05, 4.69) is 15.4 Å². The number of amides is 1. The number of nitrogens with zero attached hydrogens (tertiary/aromatic N) is 4. The minimum atomic E-state index is -0.123. The lowest BCUT2D eigenvalue weighted by Crippen LogP contribution is -2.29. The van der Waals surface area contributed by atoms with Crippen LogP contribution in [0.2, 0.25) is 10.0 Å². The highest BCUT2D eigenvalue weighted by atomic mass is 35.5. The molecule has 2 aromatic heterocycles. The van der Waals surface area contributed by atoms with Crippen molar-refractivity contribution in [3.8, 4) is 11.3 Å². The van der Waals surface area contributed by atoms with E-state index < -0.39 is 0 Å². The van der Waals surface area contributed by atoms with Gasteiger partial charge in [-0.15, -0.1) is 11.3 Å². The number of aromatic nitrogens is 3. The summed E-state index contributed by atoms with van der Waals surface area (Å²) < 4.78 is 1.78. The molecule has 0 fully saturated rings. The Morgan fingerprint density at radius 2 is 2.15 bits per heavy atom. The number of nitrogens with one attached hydrogen (secondary N) is 1. The Balaban J connectivity index is 1.60. The fraction of sp³-hybridized carbons (Fsp3) is 0.278. The summed E-state index contributed by atoms with van der Waals surface area (Å²) in [6, 6.07) is 5.25. The molecule has 0 saturated carbocycles. The minimum Gasteiger partial charge on any atom is -0.301 e. The Labute approximate surface area is 171 Å². The van der Waals surface area contributed by atoms with Gasteiger partial charge in [-0.05, 0) is 32.2 Å². The van der Waals surface area contributed by atoms with E-state index in [1.807, 2.05) is 43.6 Å². The van der Waals surface area contributed by atoms with Crippen LogP contribution in [0.3, 0.4) is 0 Å². The fourth-order valence-corrected chi connectivity index (χ4v) is 3.94. The second kappa shape index (κ2) is 8.39. The molecule has 6 nitrogen and oxygen atoms in total. The third kappa shape index (κ3) is 5.07. The second-order valence-electron chi connectivity index (χ2n) is 6.30. The number of halogens is 2. The number of carbonyl (C=O) groups excluding carboxylic acids is 1. The molecule has 3 aromatic rings. The molecule has 2 heterocycles. The third-order valence-electron chi connectivity index (χ3n) is 3.93. The predicted molar refractivity (Wildman–Crippen MR) is 110 cm³/mol. The van der Waals surface area contributed by atoms with Crippen molar-refractivity contribution in [2.75, 3.05) is 18.9 Å². The molecule has 1 amide bonds. The number of thiazole rings is 1. The highest BCUT2D eigenvalue weighted by molar-refractivity contribution is 7.14. The lowest BCUT2D eigenvalue weighted by Gasteiger charge is -2.15. The summed E-state index contributed by atoms with van der Waals surface area (Å²) in [5, 5.41) is 10.6. The molecular formula is C18H19Cl2N5OS. The largest absolute Gasteiger partial charge is 0.301 e. The first-order valence-electron chi connectivity index (χ1n) is 8.20. The molecule has 0 aliphatic heterocycles. The fourth-order valence-electron chi connectivity index (χ4n) is 2.71. The molecule has 9 heteroatoms. The van der Waals surface area contributed by atoms with Crippen LogP contribution in [0.15, 0.2) is 29.8 Å². The van der Waals surface area contributed by atoms with Crippen molar-refractivity contribution in [3.63, 3.8) is 0 Å². The summed E-state index contributed by atoms with van der Waals surface area (Å²) in [6.07, 6.45) is 1.96. The van der Waals surface area contributed by atoms with Gasteiger partial charge >= 0.3 is 0 Å². The molecule has 27 heavy (non-hydrogen) atoms. The molecule has 0 spiro atoms. The van der Waals surface area contributed by atoms with Gasteiger partial charge in [0.1, 0.15) is 0 Å². The Kier molecular flexibility index (Phi) is 6.16. The first-order chi connectivity index (χ1) is 12.8. The zero-order chi connectivity index (χ0) is 19.6. The van der Waals surface area contributed by atoms with Gasteiger partial charge in [0.15, 0.2) is 5.13 Å². The van der Waals surface area contributed by atoms with Crippen molar-refractivity contribution >= 4 is 45.6 Å². The maximum atomic E-state index is 12.3. The Morgan fingerprint density at radius 1 is 1.37 bits per heavy atom. The van der Waals surface area contributed by atoms with Crippen LogP contribution >= 0.6 is 34.5 Å². The van der Waals surface area contributed by atoms with Crippen molar-refractivity contribution in [1.29, 1.82) is 0 Å². The quantitative estimate of drug-likeness (QED) is 0.644. The van der Waals surface area contributed by atoms with Crippen molar-refractivity contribution < 1.29 is 4.79 Å². The van der Waals surface area contributed by atoms with Crippen LogP contribution in [0.5, 0.6) is 0 Å². The summed E-state index contributed by atoms with van der Waals surface area (Å²) in [6.45, 7) is 2.86. The normalized spacial score (nSPS) is 11.2. The van der Waals surface area contributed by atoms with Crippen LogP contribution in [0.25, 0.3) is 11.3 Å². The average molecular weight is 424 g/mol. The number of carbonyl (C=O) groups is 1. The number of rotatable bonds is 6. The molecule has 142 valence electrons. The maximum absolute atomic E-state index is 12.3. The molecule has 0 unspecified atom stereocenters. The zero-order valence-corrected chi connectivity index (χ0v) is 17.5. The number of benzene rings is 1. The first-order valence-corrected chi connectivity index (χ1v) is 9.84. The van der Waals surface area contributed by atoms with Gasteiger partial charge in [-0.2, -0.15) is 5.10 Å². The Bertz CT molecular complexity index is 969. The molecule has 0 aliphatic rings. The molecule has 1 aromatic carbocycles.